The summed E-state index contributed by atoms with van der Waals surface area (Å²) in [6.45, 7) is 5.37. The van der Waals surface area contributed by atoms with Gasteiger partial charge < -0.3 is 9.64 Å². The van der Waals surface area contributed by atoms with Gasteiger partial charge in [-0.2, -0.15) is 0 Å². The van der Waals surface area contributed by atoms with Crippen molar-refractivity contribution in [1.29, 1.82) is 0 Å². The van der Waals surface area contributed by atoms with E-state index >= 15 is 0 Å². The number of carbonyl (C=O) groups is 1. The van der Waals surface area contributed by atoms with Gasteiger partial charge in [0, 0.05) is 5.88 Å². The van der Waals surface area contributed by atoms with Crippen molar-refractivity contribution < 1.29 is 9.53 Å². The van der Waals surface area contributed by atoms with Crippen molar-refractivity contribution in [3.8, 4) is 0 Å². The van der Waals surface area contributed by atoms with Crippen molar-refractivity contribution in [1.82, 2.24) is 4.90 Å². The molecule has 0 spiro atoms. The Balaban J connectivity index is 1.94. The molecule has 1 fully saturated rings. The summed E-state index contributed by atoms with van der Waals surface area (Å²) >= 11 is 5.72. The number of piperidine rings is 1. The van der Waals surface area contributed by atoms with Crippen LogP contribution < -0.4 is 0 Å². The van der Waals surface area contributed by atoms with Crippen LogP contribution in [0.1, 0.15) is 51.0 Å². The molecule has 1 aliphatic heterocycles. The van der Waals surface area contributed by atoms with Crippen LogP contribution in [0.3, 0.4) is 0 Å². The number of rotatable bonds is 9. The monoisotopic (exact) mass is 351 g/mol. The number of likely N-dealkylation sites (tertiary alicyclic amines) is 1. The van der Waals surface area contributed by atoms with Gasteiger partial charge in [0.25, 0.3) is 0 Å². The lowest BCUT2D eigenvalue weighted by Crippen LogP contribution is -2.48. The molecule has 4 heteroatoms. The van der Waals surface area contributed by atoms with Gasteiger partial charge in [0.05, 0.1) is 12.0 Å². The molecule has 0 aliphatic carbocycles. The van der Waals surface area contributed by atoms with Crippen LogP contribution in [-0.2, 0) is 14.9 Å². The first-order valence-electron chi connectivity index (χ1n) is 9.24. The number of ether oxygens (including phenoxy) is 1. The first-order chi connectivity index (χ1) is 11.7. The molecular weight excluding hydrogens is 322 g/mol. The summed E-state index contributed by atoms with van der Waals surface area (Å²) in [5.74, 6) is 0.709. The van der Waals surface area contributed by atoms with Crippen LogP contribution in [0, 0.1) is 0 Å². The Morgan fingerprint density at radius 3 is 2.42 bits per heavy atom. The Hall–Kier alpha value is -1.06. The zero-order chi connectivity index (χ0) is 17.3. The Kier molecular flexibility index (Phi) is 8.07. The van der Waals surface area contributed by atoms with Gasteiger partial charge in [-0.1, -0.05) is 43.2 Å². The van der Waals surface area contributed by atoms with E-state index in [9.17, 15) is 4.79 Å². The van der Waals surface area contributed by atoms with Gasteiger partial charge in [-0.25, -0.2) is 0 Å². The fourth-order valence-corrected chi connectivity index (χ4v) is 3.77. The highest BCUT2D eigenvalue weighted by atomic mass is 35.5. The maximum absolute atomic E-state index is 12.7. The predicted octanol–water partition coefficient (Wildman–Crippen LogP) is 4.38. The van der Waals surface area contributed by atoms with Crippen LogP contribution in [0.25, 0.3) is 0 Å². The highest BCUT2D eigenvalue weighted by molar-refractivity contribution is 6.17. The van der Waals surface area contributed by atoms with Crippen molar-refractivity contribution in [3.05, 3.63) is 35.9 Å². The van der Waals surface area contributed by atoms with Crippen LogP contribution in [0.4, 0.5) is 0 Å². The van der Waals surface area contributed by atoms with E-state index in [1.807, 2.05) is 25.1 Å². The molecule has 0 atom stereocenters. The molecule has 0 radical (unpaired) electrons. The number of hydrogen-bond donors (Lipinski definition) is 0. The van der Waals surface area contributed by atoms with Crippen LogP contribution >= 0.6 is 11.6 Å². The minimum atomic E-state index is -0.466. The van der Waals surface area contributed by atoms with E-state index in [0.717, 1.165) is 50.3 Å². The molecule has 3 nitrogen and oxygen atoms in total. The number of alkyl halides is 1. The SMILES string of the molecule is CCOC(=O)C1(c2ccccc2)CCN(CCCCCCCl)CC1. The first-order valence-corrected chi connectivity index (χ1v) is 9.77. The molecule has 2 rings (SSSR count). The lowest BCUT2D eigenvalue weighted by atomic mass is 9.72. The van der Waals surface area contributed by atoms with Gasteiger partial charge in [0.2, 0.25) is 0 Å². The topological polar surface area (TPSA) is 29.5 Å². The highest BCUT2D eigenvalue weighted by Gasteiger charge is 2.43. The van der Waals surface area contributed by atoms with E-state index in [1.165, 1.54) is 19.3 Å². The molecule has 0 N–H and O–H groups in total. The largest absolute Gasteiger partial charge is 0.465 e. The normalized spacial score (nSPS) is 17.6. The lowest BCUT2D eigenvalue weighted by molar-refractivity contribution is -0.152. The summed E-state index contributed by atoms with van der Waals surface area (Å²) in [7, 11) is 0. The maximum Gasteiger partial charge on any atom is 0.316 e. The van der Waals surface area contributed by atoms with Crippen molar-refractivity contribution in [2.24, 2.45) is 0 Å². The Labute approximate surface area is 151 Å². The minimum Gasteiger partial charge on any atom is -0.465 e. The highest BCUT2D eigenvalue weighted by Crippen LogP contribution is 2.37. The van der Waals surface area contributed by atoms with Crippen LogP contribution in [0.15, 0.2) is 30.3 Å². The third-order valence-electron chi connectivity index (χ3n) is 5.06. The number of esters is 1. The molecule has 134 valence electrons. The molecule has 1 aliphatic rings. The zero-order valence-electron chi connectivity index (χ0n) is 14.8. The number of unbranched alkanes of at least 4 members (excludes halogenated alkanes) is 3. The fourth-order valence-electron chi connectivity index (χ4n) is 3.58. The van der Waals surface area contributed by atoms with Crippen LogP contribution in [0.2, 0.25) is 0 Å². The second kappa shape index (κ2) is 10.0. The van der Waals surface area contributed by atoms with Gasteiger partial charge in [-0.3, -0.25) is 4.79 Å². The maximum atomic E-state index is 12.7. The summed E-state index contributed by atoms with van der Waals surface area (Å²) in [4.78, 5) is 15.2. The number of hydrogen-bond acceptors (Lipinski definition) is 3. The molecule has 1 aromatic rings. The van der Waals surface area contributed by atoms with Crippen LogP contribution in [0.5, 0.6) is 0 Å². The third-order valence-corrected chi connectivity index (χ3v) is 5.33. The van der Waals surface area contributed by atoms with Crippen LogP contribution in [-0.4, -0.2) is 43.0 Å². The van der Waals surface area contributed by atoms with Crippen molar-refractivity contribution in [2.45, 2.75) is 50.9 Å². The summed E-state index contributed by atoms with van der Waals surface area (Å²) < 4.78 is 5.43. The molecule has 24 heavy (non-hydrogen) atoms. The van der Waals surface area contributed by atoms with Gasteiger partial charge in [0.15, 0.2) is 0 Å². The molecule has 0 unspecified atom stereocenters. The van der Waals surface area contributed by atoms with Crippen molar-refractivity contribution in [2.75, 3.05) is 32.1 Å². The van der Waals surface area contributed by atoms with E-state index in [0.29, 0.717) is 6.61 Å². The third kappa shape index (κ3) is 4.97. The fraction of sp³-hybridized carbons (Fsp3) is 0.650. The summed E-state index contributed by atoms with van der Waals surface area (Å²) in [5, 5.41) is 0. The van der Waals surface area contributed by atoms with E-state index in [2.05, 4.69) is 17.0 Å². The average Bonchev–Trinajstić information content (AvgIpc) is 2.63. The van der Waals surface area contributed by atoms with E-state index in [4.69, 9.17) is 16.3 Å². The van der Waals surface area contributed by atoms with Gasteiger partial charge in [0.1, 0.15) is 0 Å². The summed E-state index contributed by atoms with van der Waals surface area (Å²) in [5.41, 5.74) is 0.636. The Bertz CT molecular complexity index is 484. The second-order valence-electron chi connectivity index (χ2n) is 6.61. The number of benzene rings is 1. The standard InChI is InChI=1S/C20H30ClNO2/c1-2-24-19(23)20(18-10-6-5-7-11-18)12-16-22(17-13-20)15-9-4-3-8-14-21/h5-7,10-11H,2-4,8-9,12-17H2,1H3. The molecule has 0 amide bonds. The van der Waals surface area contributed by atoms with E-state index < -0.39 is 5.41 Å². The van der Waals surface area contributed by atoms with E-state index in [1.54, 1.807) is 0 Å². The van der Waals surface area contributed by atoms with Gasteiger partial charge in [-0.15, -0.1) is 11.6 Å². The summed E-state index contributed by atoms with van der Waals surface area (Å²) in [6.07, 6.45) is 6.48. The smallest absolute Gasteiger partial charge is 0.316 e. The number of halogens is 1. The molecule has 0 aromatic heterocycles. The molecular formula is C20H30ClNO2. The van der Waals surface area contributed by atoms with Gasteiger partial charge >= 0.3 is 5.97 Å². The Morgan fingerprint density at radius 1 is 1.12 bits per heavy atom. The van der Waals surface area contributed by atoms with Gasteiger partial charge in [-0.05, 0) is 57.8 Å². The quantitative estimate of drug-likeness (QED) is 0.375. The molecule has 1 aromatic carbocycles. The molecule has 0 saturated carbocycles. The molecule has 1 saturated heterocycles. The predicted molar refractivity (Wildman–Crippen MR) is 99.6 cm³/mol. The first kappa shape index (κ1) is 19.3. The molecule has 1 heterocycles. The summed E-state index contributed by atoms with van der Waals surface area (Å²) in [6, 6.07) is 10.2. The van der Waals surface area contributed by atoms with E-state index in [-0.39, 0.29) is 5.97 Å². The average molecular weight is 352 g/mol. The zero-order valence-corrected chi connectivity index (χ0v) is 15.6. The van der Waals surface area contributed by atoms with Crippen molar-refractivity contribution >= 4 is 17.6 Å². The van der Waals surface area contributed by atoms with Crippen molar-refractivity contribution in [3.63, 3.8) is 0 Å². The molecule has 0 bridgehead atoms. The lowest BCUT2D eigenvalue weighted by Gasteiger charge is -2.40. The second-order valence-corrected chi connectivity index (χ2v) is 6.99. The Morgan fingerprint density at radius 2 is 1.79 bits per heavy atom. The number of nitrogens with zero attached hydrogens (tertiary/aromatic N) is 1. The number of carbonyl (C=O) groups excluding carboxylic acids is 1. The minimum absolute atomic E-state index is 0.0574.